The minimum atomic E-state index is 1.10. The molecule has 0 aliphatic heterocycles. The summed E-state index contributed by atoms with van der Waals surface area (Å²) in [5.41, 5.74) is 14.1. The molecule has 0 unspecified atom stereocenters. The molecule has 0 saturated heterocycles. The smallest absolute Gasteiger partial charge is 0.0541 e. The molecule has 2 heteroatoms. The van der Waals surface area contributed by atoms with Crippen LogP contribution >= 0.6 is 0 Å². The first-order valence-corrected chi connectivity index (χ1v) is 17.9. The predicted octanol–water partition coefficient (Wildman–Crippen LogP) is 14.5. The highest BCUT2D eigenvalue weighted by Gasteiger charge is 2.16. The molecule has 2 heterocycles. The van der Waals surface area contributed by atoms with Crippen LogP contribution in [0.25, 0.3) is 63.8 Å². The van der Waals surface area contributed by atoms with Gasteiger partial charge in [-0.3, -0.25) is 0 Å². The van der Waals surface area contributed by atoms with Gasteiger partial charge in [0.05, 0.1) is 16.9 Å². The van der Waals surface area contributed by atoms with Crippen LogP contribution in [0.3, 0.4) is 0 Å². The number of aromatic nitrogens is 2. The fourth-order valence-electron chi connectivity index (χ4n) is 6.14. The van der Waals surface area contributed by atoms with Crippen molar-refractivity contribution in [3.05, 3.63) is 199 Å². The molecule has 0 atom stereocenters. The Balaban J connectivity index is 0.000000474. The van der Waals surface area contributed by atoms with Crippen molar-refractivity contribution < 1.29 is 0 Å². The lowest BCUT2D eigenvalue weighted by Gasteiger charge is -2.13. The number of para-hydroxylation sites is 1. The van der Waals surface area contributed by atoms with E-state index in [9.17, 15) is 0 Å². The molecule has 4 aromatic carbocycles. The van der Waals surface area contributed by atoms with Gasteiger partial charge in [-0.2, -0.15) is 0 Å². The Bertz CT molecular complexity index is 2240. The van der Waals surface area contributed by atoms with Gasteiger partial charge >= 0.3 is 0 Å². The maximum Gasteiger partial charge on any atom is 0.0541 e. The molecular weight excluding hydrogens is 629 g/mol. The summed E-state index contributed by atoms with van der Waals surface area (Å²) < 4.78 is 4.58. The van der Waals surface area contributed by atoms with Crippen LogP contribution in [0.2, 0.25) is 0 Å². The van der Waals surface area contributed by atoms with Gasteiger partial charge < -0.3 is 9.13 Å². The van der Waals surface area contributed by atoms with Gasteiger partial charge in [-0.1, -0.05) is 135 Å². The van der Waals surface area contributed by atoms with Crippen LogP contribution in [-0.4, -0.2) is 9.13 Å². The maximum absolute atomic E-state index is 4.12. The summed E-state index contributed by atoms with van der Waals surface area (Å²) in [6, 6.07) is 34.4. The van der Waals surface area contributed by atoms with Gasteiger partial charge in [-0.25, -0.2) is 0 Å². The van der Waals surface area contributed by atoms with Crippen molar-refractivity contribution in [3.8, 4) is 22.5 Å². The molecule has 0 spiro atoms. The lowest BCUT2D eigenvalue weighted by atomic mass is 10.0. The zero-order valence-electron chi connectivity index (χ0n) is 31.7. The molecule has 2 nitrogen and oxygen atoms in total. The number of nitrogens with zero attached hydrogens (tertiary/aromatic N) is 2. The third kappa shape index (κ3) is 8.96. The highest BCUT2D eigenvalue weighted by Crippen LogP contribution is 2.34. The van der Waals surface area contributed by atoms with Gasteiger partial charge in [0.15, 0.2) is 0 Å². The fourth-order valence-corrected chi connectivity index (χ4v) is 6.14. The van der Waals surface area contributed by atoms with Crippen LogP contribution in [-0.2, 0) is 0 Å². The molecule has 0 radical (unpaired) electrons. The topological polar surface area (TPSA) is 9.86 Å². The van der Waals surface area contributed by atoms with Crippen LogP contribution in [0.1, 0.15) is 66.9 Å². The summed E-state index contributed by atoms with van der Waals surface area (Å²) in [7, 11) is 0. The van der Waals surface area contributed by atoms with E-state index in [-0.39, 0.29) is 0 Å². The molecule has 0 N–H and O–H groups in total. The van der Waals surface area contributed by atoms with E-state index in [1.165, 1.54) is 22.0 Å². The third-order valence-corrected chi connectivity index (χ3v) is 8.69. The van der Waals surface area contributed by atoms with Gasteiger partial charge in [0.25, 0.3) is 0 Å². The molecular formula is C50H52N2. The Hall–Kier alpha value is -6.12. The molecule has 52 heavy (non-hydrogen) atoms. The maximum atomic E-state index is 4.12. The van der Waals surface area contributed by atoms with E-state index in [4.69, 9.17) is 0 Å². The van der Waals surface area contributed by atoms with Gasteiger partial charge in [0, 0.05) is 39.6 Å². The molecule has 0 aliphatic carbocycles. The summed E-state index contributed by atoms with van der Waals surface area (Å²) in [5, 5.41) is 1.20. The highest BCUT2D eigenvalue weighted by atomic mass is 15.0. The van der Waals surface area contributed by atoms with E-state index in [0.29, 0.717) is 0 Å². The Kier molecular flexibility index (Phi) is 14.4. The summed E-state index contributed by atoms with van der Waals surface area (Å²) in [5.74, 6) is 0. The molecule has 0 fully saturated rings. The number of hydrogen-bond donors (Lipinski definition) is 0. The van der Waals surface area contributed by atoms with Gasteiger partial charge in [-0.05, 0) is 106 Å². The molecule has 0 saturated carbocycles. The normalized spacial score (nSPS) is 11.2. The van der Waals surface area contributed by atoms with Crippen molar-refractivity contribution in [2.75, 3.05) is 0 Å². The molecule has 0 aliphatic rings. The van der Waals surface area contributed by atoms with Crippen LogP contribution in [0.4, 0.5) is 0 Å². The predicted molar refractivity (Wildman–Crippen MR) is 233 cm³/mol. The zero-order chi connectivity index (χ0) is 37.5. The van der Waals surface area contributed by atoms with Crippen LogP contribution in [0, 0.1) is 13.8 Å². The van der Waals surface area contributed by atoms with Crippen molar-refractivity contribution in [2.24, 2.45) is 0 Å². The monoisotopic (exact) mass is 680 g/mol. The van der Waals surface area contributed by atoms with Gasteiger partial charge in [0.2, 0.25) is 0 Å². The first-order valence-electron chi connectivity index (χ1n) is 17.9. The summed E-state index contributed by atoms with van der Waals surface area (Å²) >= 11 is 0. The van der Waals surface area contributed by atoms with Gasteiger partial charge in [-0.15, -0.1) is 6.58 Å². The molecule has 6 rings (SSSR count). The number of hydrogen-bond acceptors (Lipinski definition) is 0. The van der Waals surface area contributed by atoms with E-state index in [0.717, 1.165) is 50.6 Å². The standard InChI is InChI=1S/C39H36N2.C8H10.C3H6/c1-6-11-12-19-31-28-40(37(17-7-2)34(31)9-4)32-22-15-20-29(26-32)30-21-16-23-33(27-30)41-38(18-8-3)35(10-5)36-24-13-14-25-39(36)41;1-7-5-3-4-6-8(7)2;1-3-2/h6-28H,4-5H2,1-3H3;3-6H,1-2H3;3H,1H2,2H3/b11-6-,17-7-,18-8-,19-12-;;. The number of fused-ring (bicyclic) bond motifs is 1. The van der Waals surface area contributed by atoms with Crippen molar-refractivity contribution >= 4 is 41.3 Å². The van der Waals surface area contributed by atoms with Crippen LogP contribution in [0.5, 0.6) is 0 Å². The van der Waals surface area contributed by atoms with Crippen LogP contribution in [0.15, 0.2) is 159 Å². The Morgan fingerprint density at radius 2 is 1.10 bits per heavy atom. The molecule has 0 bridgehead atoms. The lowest BCUT2D eigenvalue weighted by molar-refractivity contribution is 1.06. The van der Waals surface area contributed by atoms with Crippen molar-refractivity contribution in [1.29, 1.82) is 0 Å². The van der Waals surface area contributed by atoms with Crippen molar-refractivity contribution in [2.45, 2.75) is 41.5 Å². The van der Waals surface area contributed by atoms with E-state index >= 15 is 0 Å². The fraction of sp³-hybridized carbons (Fsp3) is 0.120. The summed E-state index contributed by atoms with van der Waals surface area (Å²) in [6.07, 6.45) is 24.6. The number of rotatable bonds is 9. The first kappa shape index (κ1) is 38.7. The second kappa shape index (κ2) is 19.3. The lowest BCUT2D eigenvalue weighted by Crippen LogP contribution is -1.98. The van der Waals surface area contributed by atoms with E-state index in [2.05, 4.69) is 189 Å². The SMILES string of the molecule is C=CC.C=Cc1c(/C=C\C=C/C)cn(-c2cccc(-c3cccc(-n4c(/C=C\C)c(C=C)c5ccccc54)c3)c2)c1/C=C\C.Cc1ccccc1C. The van der Waals surface area contributed by atoms with Crippen LogP contribution < -0.4 is 0 Å². The van der Waals surface area contributed by atoms with E-state index < -0.39 is 0 Å². The van der Waals surface area contributed by atoms with Gasteiger partial charge in [0.1, 0.15) is 0 Å². The number of aryl methyl sites for hydroxylation is 2. The Morgan fingerprint density at radius 3 is 1.67 bits per heavy atom. The second-order valence-electron chi connectivity index (χ2n) is 12.3. The first-order chi connectivity index (χ1) is 25.4. The van der Waals surface area contributed by atoms with E-state index in [1.54, 1.807) is 6.08 Å². The average Bonchev–Trinajstić information content (AvgIpc) is 3.68. The summed E-state index contributed by atoms with van der Waals surface area (Å²) in [6.45, 7) is 23.8. The number of allylic oxidation sites excluding steroid dienone is 6. The molecule has 0 amide bonds. The van der Waals surface area contributed by atoms with Crippen molar-refractivity contribution in [3.63, 3.8) is 0 Å². The second-order valence-corrected chi connectivity index (χ2v) is 12.3. The zero-order valence-corrected chi connectivity index (χ0v) is 31.7. The quantitative estimate of drug-likeness (QED) is 0.106. The third-order valence-electron chi connectivity index (χ3n) is 8.69. The molecule has 2 aromatic heterocycles. The van der Waals surface area contributed by atoms with E-state index in [1.807, 2.05) is 45.1 Å². The Morgan fingerprint density at radius 1 is 0.538 bits per heavy atom. The largest absolute Gasteiger partial charge is 0.316 e. The Labute approximate surface area is 312 Å². The molecule has 262 valence electrons. The van der Waals surface area contributed by atoms with Crippen molar-refractivity contribution in [1.82, 2.24) is 9.13 Å². The minimum Gasteiger partial charge on any atom is -0.316 e. The summed E-state index contributed by atoms with van der Waals surface area (Å²) in [4.78, 5) is 0. The minimum absolute atomic E-state index is 1.10. The highest BCUT2D eigenvalue weighted by molar-refractivity contribution is 5.95. The number of benzene rings is 4. The average molecular weight is 681 g/mol. The molecule has 6 aromatic rings.